The van der Waals surface area contributed by atoms with Gasteiger partial charge >= 0.3 is 0 Å². The van der Waals surface area contributed by atoms with E-state index in [1.807, 2.05) is 55.6 Å². The molecule has 2 aromatic carbocycles. The van der Waals surface area contributed by atoms with E-state index in [9.17, 15) is 10.1 Å². The van der Waals surface area contributed by atoms with Crippen molar-refractivity contribution < 1.29 is 4.79 Å². The Morgan fingerprint density at radius 3 is 2.39 bits per heavy atom. The summed E-state index contributed by atoms with van der Waals surface area (Å²) in [5.74, 6) is -0.0384. The van der Waals surface area contributed by atoms with Gasteiger partial charge in [0.05, 0.1) is 22.9 Å². The smallest absolute Gasteiger partial charge is 0.254 e. The van der Waals surface area contributed by atoms with Crippen molar-refractivity contribution in [3.8, 4) is 17.3 Å². The second kappa shape index (κ2) is 8.37. The highest BCUT2D eigenvalue weighted by molar-refractivity contribution is 6.13. The first-order valence-corrected chi connectivity index (χ1v) is 10.7. The van der Waals surface area contributed by atoms with E-state index in [2.05, 4.69) is 27.9 Å². The van der Waals surface area contributed by atoms with Crippen LogP contribution in [-0.4, -0.2) is 40.5 Å². The van der Waals surface area contributed by atoms with Gasteiger partial charge in [0, 0.05) is 36.1 Å². The van der Waals surface area contributed by atoms with Gasteiger partial charge in [-0.15, -0.1) is 12.4 Å². The van der Waals surface area contributed by atoms with Gasteiger partial charge in [0.2, 0.25) is 0 Å². The Balaban J connectivity index is 0.00000231. The Bertz CT molecular complexity index is 1150. The fourth-order valence-electron chi connectivity index (χ4n) is 5.46. The highest BCUT2D eigenvalue weighted by atomic mass is 35.5. The van der Waals surface area contributed by atoms with Gasteiger partial charge < -0.3 is 14.8 Å². The van der Waals surface area contributed by atoms with E-state index in [1.54, 1.807) is 0 Å². The summed E-state index contributed by atoms with van der Waals surface area (Å²) in [6, 6.07) is 19.2. The van der Waals surface area contributed by atoms with Crippen LogP contribution < -0.4 is 5.32 Å². The van der Waals surface area contributed by atoms with Crippen molar-refractivity contribution in [1.29, 1.82) is 5.26 Å². The Labute approximate surface area is 189 Å². The maximum Gasteiger partial charge on any atom is 0.254 e. The maximum atomic E-state index is 13.6. The molecule has 0 spiro atoms. The highest BCUT2D eigenvalue weighted by Gasteiger charge is 2.39. The van der Waals surface area contributed by atoms with Gasteiger partial charge in [-0.05, 0) is 56.5 Å². The molecule has 5 nitrogen and oxygen atoms in total. The van der Waals surface area contributed by atoms with Crippen LogP contribution >= 0.6 is 12.4 Å². The summed E-state index contributed by atoms with van der Waals surface area (Å²) < 4.78 is 2.07. The third kappa shape index (κ3) is 3.60. The number of benzene rings is 2. The van der Waals surface area contributed by atoms with Crippen LogP contribution in [0.15, 0.2) is 48.5 Å². The van der Waals surface area contributed by atoms with Crippen LogP contribution in [-0.2, 0) is 7.05 Å². The first kappa shape index (κ1) is 21.4. The average molecular weight is 435 g/mol. The molecule has 1 amide bonds. The molecule has 3 aromatic rings. The molecule has 0 unspecified atom stereocenters. The summed E-state index contributed by atoms with van der Waals surface area (Å²) in [4.78, 5) is 16.1. The number of aromatic nitrogens is 1. The van der Waals surface area contributed by atoms with Gasteiger partial charge in [0.15, 0.2) is 0 Å². The first-order chi connectivity index (χ1) is 14.6. The van der Waals surface area contributed by atoms with Gasteiger partial charge in [-0.3, -0.25) is 4.79 Å². The molecule has 1 aromatic heterocycles. The van der Waals surface area contributed by atoms with Crippen molar-refractivity contribution in [2.24, 2.45) is 7.05 Å². The van der Waals surface area contributed by atoms with Crippen LogP contribution in [0.25, 0.3) is 22.2 Å². The van der Waals surface area contributed by atoms with E-state index in [0.717, 1.165) is 35.0 Å². The number of hydrogen-bond acceptors (Lipinski definition) is 3. The molecule has 3 heterocycles. The van der Waals surface area contributed by atoms with Gasteiger partial charge in [0.25, 0.3) is 5.91 Å². The normalized spacial score (nSPS) is 22.7. The standard InChI is InChI=1S/C25H26N4O.ClH/c1-28-19-9-10-20(28)14-18(13-19)27-25(30)23-21-12-16(15-26)8-11-22(21)29(2)24(23)17-6-4-3-5-7-17;/h3-8,11-12,18-20H,9-10,13-14H2,1-2H3,(H,27,30);1H/t18-,19+,20-;. The largest absolute Gasteiger partial charge is 0.349 e. The van der Waals surface area contributed by atoms with Crippen LogP contribution in [0.1, 0.15) is 41.6 Å². The molecule has 1 N–H and O–H groups in total. The van der Waals surface area contributed by atoms with E-state index < -0.39 is 0 Å². The van der Waals surface area contributed by atoms with E-state index in [1.165, 1.54) is 12.8 Å². The topological polar surface area (TPSA) is 61.1 Å². The summed E-state index contributed by atoms with van der Waals surface area (Å²) in [5.41, 5.74) is 4.10. The van der Waals surface area contributed by atoms with Gasteiger partial charge in [-0.2, -0.15) is 5.26 Å². The summed E-state index contributed by atoms with van der Waals surface area (Å²) >= 11 is 0. The lowest BCUT2D eigenvalue weighted by atomic mass is 9.97. The SMILES string of the molecule is CN1[C@@H]2CC[C@H]1C[C@@H](NC(=O)c1c(-c3ccccc3)n(C)c3ccc(C#N)cc13)C2.Cl. The number of rotatable bonds is 3. The third-order valence-electron chi connectivity index (χ3n) is 7.04. The third-order valence-corrected chi connectivity index (χ3v) is 7.04. The van der Waals surface area contributed by atoms with E-state index in [4.69, 9.17) is 0 Å². The van der Waals surface area contributed by atoms with Gasteiger partial charge in [-0.1, -0.05) is 30.3 Å². The van der Waals surface area contributed by atoms with Crippen molar-refractivity contribution in [2.45, 2.75) is 43.8 Å². The Morgan fingerprint density at radius 1 is 1.06 bits per heavy atom. The Kier molecular flexibility index (Phi) is 5.79. The zero-order valence-electron chi connectivity index (χ0n) is 17.8. The lowest BCUT2D eigenvalue weighted by molar-refractivity contribution is 0.0884. The summed E-state index contributed by atoms with van der Waals surface area (Å²) in [7, 11) is 4.20. The van der Waals surface area contributed by atoms with E-state index in [0.29, 0.717) is 23.2 Å². The second-order valence-corrected chi connectivity index (χ2v) is 8.68. The van der Waals surface area contributed by atoms with Crippen molar-refractivity contribution in [1.82, 2.24) is 14.8 Å². The van der Waals surface area contributed by atoms with Crippen LogP contribution in [0.3, 0.4) is 0 Å². The number of aryl methyl sites for hydroxylation is 1. The molecule has 160 valence electrons. The van der Waals surface area contributed by atoms with Crippen LogP contribution in [0.4, 0.5) is 0 Å². The van der Waals surface area contributed by atoms with Crippen LogP contribution in [0.5, 0.6) is 0 Å². The Morgan fingerprint density at radius 2 is 1.74 bits per heavy atom. The Hall–Kier alpha value is -2.81. The predicted molar refractivity (Wildman–Crippen MR) is 125 cm³/mol. The van der Waals surface area contributed by atoms with Gasteiger partial charge in [0.1, 0.15) is 0 Å². The lowest BCUT2D eigenvalue weighted by Gasteiger charge is -2.36. The number of halogens is 1. The summed E-state index contributed by atoms with van der Waals surface area (Å²) in [6.07, 6.45) is 4.46. The number of nitrogens with zero attached hydrogens (tertiary/aromatic N) is 3. The highest BCUT2D eigenvalue weighted by Crippen LogP contribution is 2.36. The quantitative estimate of drug-likeness (QED) is 0.660. The minimum absolute atomic E-state index is 0. The van der Waals surface area contributed by atoms with Crippen molar-refractivity contribution in [2.75, 3.05) is 7.05 Å². The van der Waals surface area contributed by atoms with Crippen LogP contribution in [0.2, 0.25) is 0 Å². The molecule has 5 rings (SSSR count). The van der Waals surface area contributed by atoms with E-state index in [-0.39, 0.29) is 24.4 Å². The fraction of sp³-hybridized carbons (Fsp3) is 0.360. The molecule has 31 heavy (non-hydrogen) atoms. The molecule has 2 aliphatic rings. The number of nitriles is 1. The molecule has 2 aliphatic heterocycles. The molecule has 2 bridgehead atoms. The molecule has 0 aliphatic carbocycles. The summed E-state index contributed by atoms with van der Waals surface area (Å²) in [5, 5.41) is 13.6. The predicted octanol–water partition coefficient (Wildman–Crippen LogP) is 4.49. The second-order valence-electron chi connectivity index (χ2n) is 8.68. The fourth-order valence-corrected chi connectivity index (χ4v) is 5.46. The molecule has 6 heteroatoms. The molecular formula is C25H27ClN4O. The molecule has 0 saturated carbocycles. The van der Waals surface area contributed by atoms with Gasteiger partial charge in [-0.25, -0.2) is 0 Å². The van der Waals surface area contributed by atoms with Crippen molar-refractivity contribution >= 4 is 29.2 Å². The minimum Gasteiger partial charge on any atom is -0.349 e. The number of carbonyl (C=O) groups is 1. The van der Waals surface area contributed by atoms with Crippen LogP contribution in [0, 0.1) is 11.3 Å². The average Bonchev–Trinajstić information content (AvgIpc) is 3.15. The lowest BCUT2D eigenvalue weighted by Crippen LogP contribution is -2.48. The zero-order valence-corrected chi connectivity index (χ0v) is 18.7. The number of fused-ring (bicyclic) bond motifs is 3. The van der Waals surface area contributed by atoms with Crippen molar-refractivity contribution in [3.63, 3.8) is 0 Å². The summed E-state index contributed by atoms with van der Waals surface area (Å²) in [6.45, 7) is 0. The minimum atomic E-state index is -0.0384. The molecule has 3 atom stereocenters. The number of amides is 1. The maximum absolute atomic E-state index is 13.6. The van der Waals surface area contributed by atoms with E-state index >= 15 is 0 Å². The van der Waals surface area contributed by atoms with Crippen molar-refractivity contribution in [3.05, 3.63) is 59.7 Å². The number of carbonyl (C=O) groups excluding carboxylic acids is 1. The zero-order chi connectivity index (χ0) is 20.8. The molecule has 0 radical (unpaired) electrons. The molecular weight excluding hydrogens is 408 g/mol. The number of piperidine rings is 1. The molecule has 2 fully saturated rings. The molecule has 2 saturated heterocycles. The number of nitrogens with one attached hydrogen (secondary N) is 1. The number of hydrogen-bond donors (Lipinski definition) is 1. The first-order valence-electron chi connectivity index (χ1n) is 10.7. The monoisotopic (exact) mass is 434 g/mol.